The molecule has 0 spiro atoms. The molecule has 22 nitrogen and oxygen atoms in total. The minimum atomic E-state index is -0.476. The highest BCUT2D eigenvalue weighted by Gasteiger charge is 2.16. The normalized spacial score (nSPS) is 10.5. The van der Waals surface area contributed by atoms with E-state index < -0.39 is 11.2 Å². The monoisotopic (exact) mass is 1060 g/mol. The number of hydrogen-bond donors (Lipinski definition) is 0. The van der Waals surface area contributed by atoms with Crippen LogP contribution in [0.25, 0.3) is 16.1 Å². The summed E-state index contributed by atoms with van der Waals surface area (Å²) in [4.78, 5) is 25.6. The molecule has 0 aliphatic carbocycles. The van der Waals surface area contributed by atoms with Crippen molar-refractivity contribution in [1.29, 1.82) is 10.5 Å². The van der Waals surface area contributed by atoms with Gasteiger partial charge in [0, 0.05) is 33.6 Å². The van der Waals surface area contributed by atoms with Gasteiger partial charge in [-0.3, -0.25) is 9.59 Å². The Morgan fingerprint density at radius 3 is 1.32 bits per heavy atom. The number of nitriles is 2. The topological polar surface area (TPSA) is 272 Å². The third-order valence-corrected chi connectivity index (χ3v) is 8.38. The molecule has 0 unspecified atom stereocenters. The van der Waals surface area contributed by atoms with Gasteiger partial charge >= 0.3 is 11.9 Å². The Bertz CT molecular complexity index is 2340. The Kier molecular flexibility index (Phi) is 39.2. The van der Waals surface area contributed by atoms with Crippen LogP contribution in [0.2, 0.25) is 0 Å². The highest BCUT2D eigenvalue weighted by Crippen LogP contribution is 2.13. The summed E-state index contributed by atoms with van der Waals surface area (Å²) in [7, 11) is 0. The first-order valence-corrected chi connectivity index (χ1v) is 24.3. The van der Waals surface area contributed by atoms with Crippen molar-refractivity contribution in [2.75, 3.05) is 126 Å². The van der Waals surface area contributed by atoms with E-state index in [1.807, 2.05) is 65.8 Å². The van der Waals surface area contributed by atoms with Crippen molar-refractivity contribution in [2.24, 2.45) is 5.11 Å². The highest BCUT2D eigenvalue weighted by atomic mass is 16.6. The van der Waals surface area contributed by atoms with Crippen LogP contribution in [0, 0.1) is 58.7 Å². The SMILES string of the molecule is C#CCOCCOCCOCCOCCOCCC(=O)OC(C)(C)C.CC(C)(C)OC(=O)CCOCCOCCOCCOCCOCc1cn(-c2ccc(C#CC#N)cc2)nn1.N#CC#Cc1ccc(N=[N+]=[N-])cc1. The summed E-state index contributed by atoms with van der Waals surface area (Å²) in [6, 6.07) is 17.5. The fourth-order valence-electron chi connectivity index (χ4n) is 5.21. The smallest absolute Gasteiger partial charge is 0.308 e. The summed E-state index contributed by atoms with van der Waals surface area (Å²) in [6.07, 6.45) is 7.31. The molecule has 1 heterocycles. The van der Waals surface area contributed by atoms with Crippen molar-refractivity contribution in [3.63, 3.8) is 0 Å². The first-order valence-electron chi connectivity index (χ1n) is 24.3. The van der Waals surface area contributed by atoms with Gasteiger partial charge in [0.2, 0.25) is 0 Å². The average Bonchev–Trinajstić information content (AvgIpc) is 3.86. The lowest BCUT2D eigenvalue weighted by atomic mass is 10.2. The van der Waals surface area contributed by atoms with Crippen molar-refractivity contribution >= 4 is 17.6 Å². The first-order chi connectivity index (χ1) is 36.7. The van der Waals surface area contributed by atoms with Crippen molar-refractivity contribution in [3.05, 3.63) is 82.0 Å². The minimum absolute atomic E-state index is 0.227. The molecule has 0 radical (unpaired) electrons. The van der Waals surface area contributed by atoms with Gasteiger partial charge in [-0.25, -0.2) is 4.68 Å². The van der Waals surface area contributed by atoms with E-state index in [0.29, 0.717) is 144 Å². The van der Waals surface area contributed by atoms with E-state index in [9.17, 15) is 9.59 Å². The molecule has 22 heteroatoms. The number of azide groups is 1. The second-order valence-corrected chi connectivity index (χ2v) is 17.0. The van der Waals surface area contributed by atoms with E-state index in [2.05, 4.69) is 49.9 Å². The molecule has 0 aliphatic rings. The summed E-state index contributed by atoms with van der Waals surface area (Å²) in [5.41, 5.74) is 10.7. The predicted octanol–water partition coefficient (Wildman–Crippen LogP) is 6.40. The van der Waals surface area contributed by atoms with Gasteiger partial charge in [0.15, 0.2) is 12.1 Å². The summed E-state index contributed by atoms with van der Waals surface area (Å²) in [6.45, 7) is 19.7. The molecule has 0 atom stereocenters. The Morgan fingerprint density at radius 1 is 0.579 bits per heavy atom. The third kappa shape index (κ3) is 41.4. The van der Waals surface area contributed by atoms with Gasteiger partial charge in [-0.1, -0.05) is 40.2 Å². The summed E-state index contributed by atoms with van der Waals surface area (Å²) in [5, 5.41) is 28.3. The quantitative estimate of drug-likeness (QED) is 0.0154. The second-order valence-electron chi connectivity index (χ2n) is 17.0. The molecular formula is C54H72N8O14. The van der Waals surface area contributed by atoms with Crippen LogP contribution in [0.15, 0.2) is 59.8 Å². The van der Waals surface area contributed by atoms with Crippen LogP contribution in [-0.2, 0) is 73.0 Å². The predicted molar refractivity (Wildman–Crippen MR) is 278 cm³/mol. The molecule has 0 bridgehead atoms. The van der Waals surface area contributed by atoms with Crippen LogP contribution < -0.4 is 0 Å². The van der Waals surface area contributed by atoms with Crippen molar-refractivity contribution in [1.82, 2.24) is 15.0 Å². The van der Waals surface area contributed by atoms with Crippen LogP contribution in [0.5, 0.6) is 0 Å². The standard InChI is InChI=1S/C27H36N4O7.C18H32O7.C9H4N4/c1-27(2,3)38-26(32)10-12-33-13-14-34-15-16-35-17-18-36-19-20-37-22-24-21-31(30-29-24)25-8-6-23(7-9-25)5-4-11-28;1-5-7-20-9-11-22-13-15-24-16-14-23-12-10-21-8-6-17(19)25-18(2,3)4;10-7-1-2-8-3-5-9(6-4-8)12-13-11/h6-9,21H,10,12-20,22H2,1-3H3;1H,6-16H2,2-4H3;3-6H. The zero-order valence-corrected chi connectivity index (χ0v) is 44.6. The van der Waals surface area contributed by atoms with Crippen LogP contribution >= 0.6 is 0 Å². The third-order valence-electron chi connectivity index (χ3n) is 8.38. The molecular weight excluding hydrogens is 985 g/mol. The van der Waals surface area contributed by atoms with E-state index in [0.717, 1.165) is 16.8 Å². The Labute approximate surface area is 447 Å². The lowest BCUT2D eigenvalue weighted by Crippen LogP contribution is -2.24. The molecule has 0 saturated heterocycles. The van der Waals surface area contributed by atoms with E-state index >= 15 is 0 Å². The maximum Gasteiger partial charge on any atom is 0.308 e. The van der Waals surface area contributed by atoms with Crippen LogP contribution in [-0.4, -0.2) is 164 Å². The largest absolute Gasteiger partial charge is 0.460 e. The molecule has 3 rings (SSSR count). The number of terminal acetylenes is 1. The average molecular weight is 1060 g/mol. The summed E-state index contributed by atoms with van der Waals surface area (Å²) >= 11 is 0. The Hall–Kier alpha value is -6.91. The van der Waals surface area contributed by atoms with Gasteiger partial charge in [-0.15, -0.1) is 11.5 Å². The van der Waals surface area contributed by atoms with Gasteiger partial charge in [-0.05, 0) is 83.5 Å². The molecule has 2 aromatic carbocycles. The van der Waals surface area contributed by atoms with Crippen LogP contribution in [0.1, 0.15) is 71.2 Å². The second kappa shape index (κ2) is 44.4. The van der Waals surface area contributed by atoms with Gasteiger partial charge in [0.25, 0.3) is 0 Å². The highest BCUT2D eigenvalue weighted by molar-refractivity contribution is 5.70. The van der Waals surface area contributed by atoms with Gasteiger partial charge in [0.1, 0.15) is 23.5 Å². The van der Waals surface area contributed by atoms with E-state index in [-0.39, 0.29) is 24.8 Å². The van der Waals surface area contributed by atoms with Gasteiger partial charge in [-0.2, -0.15) is 10.5 Å². The number of hydrogen-bond acceptors (Lipinski definition) is 19. The minimum Gasteiger partial charge on any atom is -0.460 e. The fraction of sp³-hybridized carbons (Fsp3) is 0.556. The number of aromatic nitrogens is 3. The van der Waals surface area contributed by atoms with Gasteiger partial charge in [0.05, 0.1) is 150 Å². The lowest BCUT2D eigenvalue weighted by molar-refractivity contribution is -0.157. The molecule has 0 amide bonds. The molecule has 412 valence electrons. The van der Waals surface area contributed by atoms with Crippen molar-refractivity contribution < 1.29 is 66.4 Å². The van der Waals surface area contributed by atoms with Crippen LogP contribution in [0.4, 0.5) is 5.69 Å². The summed E-state index contributed by atoms with van der Waals surface area (Å²) < 4.78 is 65.6. The number of nitrogens with zero attached hydrogens (tertiary/aromatic N) is 8. The van der Waals surface area contributed by atoms with E-state index in [1.165, 1.54) is 0 Å². The lowest BCUT2D eigenvalue weighted by Gasteiger charge is -2.19. The summed E-state index contributed by atoms with van der Waals surface area (Å²) in [5.74, 6) is 11.8. The molecule has 0 N–H and O–H groups in total. The van der Waals surface area contributed by atoms with E-state index in [1.54, 1.807) is 47.3 Å². The number of carbonyl (C=O) groups excluding carboxylic acids is 2. The first kappa shape index (κ1) is 67.1. The fourth-order valence-corrected chi connectivity index (χ4v) is 5.21. The maximum atomic E-state index is 11.5. The molecule has 0 fully saturated rings. The molecule has 0 saturated carbocycles. The Morgan fingerprint density at radius 2 is 0.947 bits per heavy atom. The van der Waals surface area contributed by atoms with Gasteiger partial charge < -0.3 is 56.8 Å². The zero-order valence-electron chi connectivity index (χ0n) is 44.6. The van der Waals surface area contributed by atoms with E-state index in [4.69, 9.17) is 79.3 Å². The maximum absolute atomic E-state index is 11.5. The number of rotatable bonds is 35. The number of esters is 2. The molecule has 76 heavy (non-hydrogen) atoms. The van der Waals surface area contributed by atoms with Crippen molar-refractivity contribution in [3.8, 4) is 53.9 Å². The number of carbonyl (C=O) groups is 2. The van der Waals surface area contributed by atoms with Crippen molar-refractivity contribution in [2.45, 2.75) is 72.2 Å². The Balaban J connectivity index is 0.000000647. The molecule has 3 aromatic rings. The zero-order chi connectivity index (χ0) is 55.8. The molecule has 1 aromatic heterocycles. The van der Waals surface area contributed by atoms with Crippen LogP contribution in [0.3, 0.4) is 0 Å². The number of benzene rings is 2. The number of ether oxygens (including phenoxy) is 12. The molecule has 0 aliphatic heterocycles.